The largest absolute Gasteiger partial charge is 0.463 e. The summed E-state index contributed by atoms with van der Waals surface area (Å²) in [4.78, 5) is 227. The molecule has 0 radical (unpaired) electrons. The first-order valence-corrected chi connectivity index (χ1v) is 30.5. The molecule has 0 aliphatic carbocycles. The lowest BCUT2D eigenvalue weighted by atomic mass is 9.96. The zero-order chi connectivity index (χ0) is 75.9. The Labute approximate surface area is 573 Å². The maximum Gasteiger partial charge on any atom is 0.306 e. The van der Waals surface area contributed by atoms with Crippen molar-refractivity contribution in [3.8, 4) is 0 Å². The van der Waals surface area contributed by atoms with Gasteiger partial charge in [0, 0.05) is 96.9 Å². The molecule has 0 amide bonds. The van der Waals surface area contributed by atoms with Crippen LogP contribution in [0.15, 0.2) is 0 Å². The van der Waals surface area contributed by atoms with Crippen LogP contribution in [0.1, 0.15) is 123 Å². The van der Waals surface area contributed by atoms with Gasteiger partial charge < -0.3 is 109 Å². The maximum atomic E-state index is 13.5. The molecule has 101 heavy (non-hydrogen) atoms. The minimum atomic E-state index is -2.23. The van der Waals surface area contributed by atoms with Crippen molar-refractivity contribution >= 4 is 107 Å². The average Bonchev–Trinajstić information content (AvgIpc) is 0.758. The Kier molecular flexibility index (Phi) is 32.6. The van der Waals surface area contributed by atoms with E-state index >= 15 is 0 Å². The lowest BCUT2D eigenvalue weighted by Gasteiger charge is -2.48. The Morgan fingerprint density at radius 1 is 0.198 bits per heavy atom. The molecule has 0 bridgehead atoms. The fraction of sp³-hybridized carbons (Fsp3) is 0.700. The third kappa shape index (κ3) is 27.4. The number of ether oxygens (including phenoxy) is 23. The minimum Gasteiger partial charge on any atom is -0.463 e. The van der Waals surface area contributed by atoms with Gasteiger partial charge in [0.05, 0.1) is 25.7 Å². The molecular weight excluding hydrogens is 1380 g/mol. The second kappa shape index (κ2) is 39.3. The van der Waals surface area contributed by atoms with Gasteiger partial charge in [-0.05, 0) is 0 Å². The average molecular weight is 1460 g/mol. The van der Waals surface area contributed by atoms with Crippen LogP contribution >= 0.6 is 0 Å². The van der Waals surface area contributed by atoms with Gasteiger partial charge in [0.25, 0.3) is 0 Å². The number of esters is 18. The molecule has 41 heteroatoms. The van der Waals surface area contributed by atoms with Crippen LogP contribution in [0.4, 0.5) is 0 Å². The van der Waals surface area contributed by atoms with E-state index in [1.807, 2.05) is 0 Å². The highest BCUT2D eigenvalue weighted by Crippen LogP contribution is 2.37. The van der Waals surface area contributed by atoms with E-state index in [2.05, 4.69) is 0 Å². The Morgan fingerprint density at radius 2 is 0.347 bits per heavy atom. The summed E-state index contributed by atoms with van der Waals surface area (Å²) in [5, 5.41) is 0. The smallest absolute Gasteiger partial charge is 0.306 e. The molecule has 20 atom stereocenters. The van der Waals surface area contributed by atoms with Gasteiger partial charge in [0.2, 0.25) is 37.4 Å². The Bertz CT molecular complexity index is 2870. The van der Waals surface area contributed by atoms with E-state index in [0.29, 0.717) is 0 Å². The predicted octanol–water partition coefficient (Wildman–Crippen LogP) is -2.06. The molecule has 4 heterocycles. The summed E-state index contributed by atoms with van der Waals surface area (Å²) < 4.78 is 126. The molecule has 0 aromatic heterocycles. The van der Waals surface area contributed by atoms with Crippen LogP contribution in [0.2, 0.25) is 0 Å². The summed E-state index contributed by atoms with van der Waals surface area (Å²) in [6.07, 6.45) is -40.3. The number of carbonyl (C=O) groups is 18. The summed E-state index contributed by atoms with van der Waals surface area (Å²) in [6, 6.07) is 0. The SMILES string of the molecule is CC(=O)O[C@@H]1O[C@H](COC(=O)CCC(=O)OC[C@H]2O[C@H](O[C@H]3O[C@H](COC(=O)CCC(=O)OC[C@H]4O[C@@H](OC(C)=O)[C@H](OC(C)=O)[C@@H](OC(C)=O)[C@@H]4OC(C)=O)[C@@H](OC(C)=O)[C@H](OC(C)=O)[C@H]3OC(C)=O)[C@H](OC(C)=O)[C@@H](OC(C)=O)[C@@H]2OC(C)=O)[C@@H](OC(C)=O)[C@H](OC(C)=O)[C@H]1OC(C)=O. The van der Waals surface area contributed by atoms with Crippen molar-refractivity contribution < 1.29 is 195 Å². The van der Waals surface area contributed by atoms with E-state index in [1.54, 1.807) is 0 Å². The Balaban J connectivity index is 1.61. The van der Waals surface area contributed by atoms with E-state index in [4.69, 9.17) is 109 Å². The van der Waals surface area contributed by atoms with Crippen molar-refractivity contribution in [1.29, 1.82) is 0 Å². The minimum absolute atomic E-state index is 0.796. The first kappa shape index (κ1) is 83.7. The third-order valence-corrected chi connectivity index (χ3v) is 13.5. The molecule has 0 aromatic carbocycles. The molecule has 564 valence electrons. The summed E-state index contributed by atoms with van der Waals surface area (Å²) in [5.41, 5.74) is 0. The molecule has 4 aliphatic heterocycles. The Morgan fingerprint density at radius 3 is 0.525 bits per heavy atom. The van der Waals surface area contributed by atoms with Crippen LogP contribution in [0.25, 0.3) is 0 Å². The molecule has 0 spiro atoms. The van der Waals surface area contributed by atoms with Crippen LogP contribution < -0.4 is 0 Å². The summed E-state index contributed by atoms with van der Waals surface area (Å²) >= 11 is 0. The number of rotatable bonds is 30. The third-order valence-electron chi connectivity index (χ3n) is 13.5. The second-order valence-electron chi connectivity index (χ2n) is 22.1. The lowest BCUT2D eigenvalue weighted by Crippen LogP contribution is -2.67. The van der Waals surface area contributed by atoms with Gasteiger partial charge in [-0.25, -0.2) is 0 Å². The molecule has 4 saturated heterocycles. The number of carbonyl (C=O) groups excluding carboxylic acids is 18. The van der Waals surface area contributed by atoms with Crippen molar-refractivity contribution in [2.24, 2.45) is 0 Å². The van der Waals surface area contributed by atoms with E-state index in [9.17, 15) is 86.3 Å². The normalized spacial score (nSPS) is 28.8. The quantitative estimate of drug-likeness (QED) is 0.0551. The first-order chi connectivity index (χ1) is 47.2. The predicted molar refractivity (Wildman–Crippen MR) is 308 cm³/mol. The van der Waals surface area contributed by atoms with Crippen molar-refractivity contribution in [1.82, 2.24) is 0 Å². The van der Waals surface area contributed by atoms with Crippen molar-refractivity contribution in [2.45, 2.75) is 245 Å². The molecule has 4 aliphatic rings. The molecule has 0 saturated carbocycles. The van der Waals surface area contributed by atoms with Gasteiger partial charge in [-0.3, -0.25) is 86.3 Å². The van der Waals surface area contributed by atoms with Gasteiger partial charge in [-0.2, -0.15) is 0 Å². The lowest BCUT2D eigenvalue weighted by molar-refractivity contribution is -0.377. The zero-order valence-electron chi connectivity index (χ0n) is 56.9. The maximum absolute atomic E-state index is 13.5. The van der Waals surface area contributed by atoms with Gasteiger partial charge in [-0.1, -0.05) is 0 Å². The first-order valence-electron chi connectivity index (χ1n) is 30.5. The molecule has 0 unspecified atom stereocenters. The van der Waals surface area contributed by atoms with Gasteiger partial charge in [0.1, 0.15) is 50.8 Å². The van der Waals surface area contributed by atoms with E-state index in [0.717, 1.165) is 96.9 Å². The van der Waals surface area contributed by atoms with E-state index in [-0.39, 0.29) is 0 Å². The monoisotopic (exact) mass is 1450 g/mol. The fourth-order valence-corrected chi connectivity index (χ4v) is 10.2. The summed E-state index contributed by atoms with van der Waals surface area (Å²) in [5.74, 6) is -19.3. The van der Waals surface area contributed by atoms with E-state index < -0.39 is 282 Å². The summed E-state index contributed by atoms with van der Waals surface area (Å²) in [6.45, 7) is 9.19. The molecule has 41 nitrogen and oxygen atoms in total. The fourth-order valence-electron chi connectivity index (χ4n) is 10.2. The van der Waals surface area contributed by atoms with Gasteiger partial charge >= 0.3 is 107 Å². The van der Waals surface area contributed by atoms with Crippen molar-refractivity contribution in [3.05, 3.63) is 0 Å². The number of hydrogen-bond acceptors (Lipinski definition) is 41. The second-order valence-corrected chi connectivity index (χ2v) is 22.1. The highest BCUT2D eigenvalue weighted by atomic mass is 16.8. The molecule has 4 fully saturated rings. The number of hydrogen-bond donors (Lipinski definition) is 0. The standard InChI is InChI=1S/C60H78O41/c1-23(61)83-45-37(97-57(95-35(13)73)53(91-31(9)69)49(45)87-27(5)65)19-79-41(75)15-17-43(77)81-21-39-47(85-25(3)63)51(89-29(7)67)55(93-33(11)71)59(99-39)101-60-56(94-34(12)72)52(90-30(8)68)48(86-26(4)64)40(100-60)22-82-44(78)18-16-42(76)80-20-38-46(84-24(2)62)50(88-28(6)66)54(92-32(10)70)58(98-38)96-36(14)74/h37-40,45-60H,15-22H2,1-14H3/t37-,38-,39-,40-,45-,46-,47-,48-,49+,50+,51+,52+,53-,54-,55-,56-,57-,58-,59-,60-/m1/s1. The molecule has 0 aromatic rings. The summed E-state index contributed by atoms with van der Waals surface area (Å²) in [7, 11) is 0. The molecule has 4 rings (SSSR count). The molecule has 0 N–H and O–H groups in total. The van der Waals surface area contributed by atoms with Gasteiger partial charge in [-0.15, -0.1) is 0 Å². The van der Waals surface area contributed by atoms with Crippen LogP contribution in [-0.2, 0) is 195 Å². The van der Waals surface area contributed by atoms with Crippen LogP contribution in [0.3, 0.4) is 0 Å². The van der Waals surface area contributed by atoms with Gasteiger partial charge in [0.15, 0.2) is 61.0 Å². The van der Waals surface area contributed by atoms with Crippen LogP contribution in [0.5, 0.6) is 0 Å². The zero-order valence-corrected chi connectivity index (χ0v) is 56.9. The van der Waals surface area contributed by atoms with Crippen molar-refractivity contribution in [2.75, 3.05) is 26.4 Å². The van der Waals surface area contributed by atoms with Crippen molar-refractivity contribution in [3.63, 3.8) is 0 Å². The van der Waals surface area contributed by atoms with Crippen LogP contribution in [0, 0.1) is 0 Å². The molecular formula is C60H78O41. The highest BCUT2D eigenvalue weighted by Gasteiger charge is 2.59. The Hall–Kier alpha value is -9.74. The topological polar surface area (TPSA) is 520 Å². The van der Waals surface area contributed by atoms with Crippen LogP contribution in [-0.4, -0.2) is 257 Å². The highest BCUT2D eigenvalue weighted by molar-refractivity contribution is 5.79. The van der Waals surface area contributed by atoms with E-state index in [1.165, 1.54) is 0 Å².